The van der Waals surface area contributed by atoms with Crippen LogP contribution in [0, 0.1) is 0 Å². The molecule has 7 heteroatoms. The van der Waals surface area contributed by atoms with Gasteiger partial charge in [-0.3, -0.25) is 4.90 Å². The van der Waals surface area contributed by atoms with Gasteiger partial charge in [-0.15, -0.1) is 0 Å². The van der Waals surface area contributed by atoms with Crippen molar-refractivity contribution in [2.24, 2.45) is 0 Å². The highest BCUT2D eigenvalue weighted by molar-refractivity contribution is 7.05. The van der Waals surface area contributed by atoms with Crippen molar-refractivity contribution in [1.29, 1.82) is 0 Å². The third-order valence-electron chi connectivity index (χ3n) is 2.76. The van der Waals surface area contributed by atoms with E-state index in [4.69, 9.17) is 4.74 Å². The highest BCUT2D eigenvalue weighted by atomic mass is 32.1. The smallest absolute Gasteiger partial charge is 0.354 e. The van der Waals surface area contributed by atoms with E-state index >= 15 is 0 Å². The van der Waals surface area contributed by atoms with Gasteiger partial charge >= 0.3 is 5.97 Å². The predicted octanol–water partition coefficient (Wildman–Crippen LogP) is 1.90. The van der Waals surface area contributed by atoms with Gasteiger partial charge in [-0.1, -0.05) is 0 Å². The molecular formula is C13H17N3O3S. The van der Waals surface area contributed by atoms with Gasteiger partial charge in [0.05, 0.1) is 14.2 Å². The summed E-state index contributed by atoms with van der Waals surface area (Å²) in [5, 5.41) is 0. The minimum absolute atomic E-state index is 0.355. The molecule has 2 aromatic rings. The Morgan fingerprint density at radius 3 is 2.85 bits per heavy atom. The maximum Gasteiger partial charge on any atom is 0.354 e. The van der Waals surface area contributed by atoms with E-state index in [-0.39, 0.29) is 5.97 Å². The van der Waals surface area contributed by atoms with Gasteiger partial charge < -0.3 is 14.5 Å². The van der Waals surface area contributed by atoms with E-state index in [1.165, 1.54) is 18.6 Å². The topological polar surface area (TPSA) is 67.4 Å². The van der Waals surface area contributed by atoms with Crippen LogP contribution in [0.2, 0.25) is 0 Å². The Morgan fingerprint density at radius 1 is 1.40 bits per heavy atom. The Bertz CT molecular complexity index is 579. The molecule has 0 aliphatic carbocycles. The molecule has 1 N–H and O–H groups in total. The first-order chi connectivity index (χ1) is 9.62. The van der Waals surface area contributed by atoms with Crippen LogP contribution in [0.1, 0.15) is 21.1 Å². The summed E-state index contributed by atoms with van der Waals surface area (Å²) >= 11 is 1.43. The van der Waals surface area contributed by atoms with Crippen molar-refractivity contribution < 1.29 is 14.3 Å². The number of hydrogen-bond acceptors (Lipinski definition) is 6. The Balaban J connectivity index is 1.92. The Hall–Kier alpha value is -1.86. The molecule has 0 unspecified atom stereocenters. The number of hydrogen-bond donors (Lipinski definition) is 1. The van der Waals surface area contributed by atoms with E-state index in [1.54, 1.807) is 13.2 Å². The predicted molar refractivity (Wildman–Crippen MR) is 76.0 cm³/mol. The van der Waals surface area contributed by atoms with Gasteiger partial charge in [0.1, 0.15) is 5.69 Å². The Morgan fingerprint density at radius 2 is 2.20 bits per heavy atom. The van der Waals surface area contributed by atoms with Crippen molar-refractivity contribution in [3.63, 3.8) is 0 Å². The Labute approximate surface area is 121 Å². The van der Waals surface area contributed by atoms with Gasteiger partial charge in [-0.05, 0) is 30.7 Å². The van der Waals surface area contributed by atoms with Gasteiger partial charge in [-0.2, -0.15) is 4.37 Å². The summed E-state index contributed by atoms with van der Waals surface area (Å²) in [7, 11) is 4.98. The number of H-pyrrole nitrogens is 1. The maximum absolute atomic E-state index is 11.4. The van der Waals surface area contributed by atoms with Crippen LogP contribution in [-0.2, 0) is 17.8 Å². The monoisotopic (exact) mass is 295 g/mol. The summed E-state index contributed by atoms with van der Waals surface area (Å²) in [4.78, 5) is 17.6. The van der Waals surface area contributed by atoms with Crippen LogP contribution < -0.4 is 4.74 Å². The molecule has 2 heterocycles. The molecule has 0 amide bonds. The summed E-state index contributed by atoms with van der Waals surface area (Å²) in [5.41, 5.74) is 1.43. The fourth-order valence-electron chi connectivity index (χ4n) is 1.84. The van der Waals surface area contributed by atoms with Crippen LogP contribution in [0.5, 0.6) is 5.88 Å². The lowest BCUT2D eigenvalue weighted by atomic mass is 10.3. The van der Waals surface area contributed by atoms with E-state index in [0.717, 1.165) is 17.1 Å². The van der Waals surface area contributed by atoms with Crippen molar-refractivity contribution in [3.05, 3.63) is 34.5 Å². The minimum Gasteiger partial charge on any atom is -0.480 e. The fourth-order valence-corrected chi connectivity index (χ4v) is 2.61. The highest BCUT2D eigenvalue weighted by Gasteiger charge is 2.10. The van der Waals surface area contributed by atoms with E-state index in [2.05, 4.69) is 19.0 Å². The molecule has 108 valence electrons. The second-order valence-corrected chi connectivity index (χ2v) is 5.29. The maximum atomic E-state index is 11.4. The molecule has 20 heavy (non-hydrogen) atoms. The summed E-state index contributed by atoms with van der Waals surface area (Å²) in [6.07, 6.45) is 0. The number of esters is 1. The number of nitrogens with zero attached hydrogens (tertiary/aromatic N) is 2. The second-order valence-electron chi connectivity index (χ2n) is 4.40. The van der Waals surface area contributed by atoms with E-state index < -0.39 is 0 Å². The molecule has 0 spiro atoms. The van der Waals surface area contributed by atoms with Crippen molar-refractivity contribution in [2.45, 2.75) is 13.1 Å². The number of carbonyl (C=O) groups excluding carboxylic acids is 1. The van der Waals surface area contributed by atoms with E-state index in [9.17, 15) is 4.79 Å². The van der Waals surface area contributed by atoms with Gasteiger partial charge in [0.25, 0.3) is 0 Å². The summed E-state index contributed by atoms with van der Waals surface area (Å²) in [5.74, 6) is 0.289. The quantitative estimate of drug-likeness (QED) is 0.824. The standard InChI is InChI=1S/C13H17N3O3S/c1-16(8-10-6-12(18-2)15-20-10)7-9-4-5-11(14-9)13(17)19-3/h4-6,14H,7-8H2,1-3H3. The van der Waals surface area contributed by atoms with Crippen molar-refractivity contribution in [3.8, 4) is 5.88 Å². The number of carbonyl (C=O) groups is 1. The SMILES string of the molecule is COC(=O)c1ccc(CN(C)Cc2cc(OC)ns2)[nH]1. The highest BCUT2D eigenvalue weighted by Crippen LogP contribution is 2.18. The first kappa shape index (κ1) is 14.5. The number of aromatic nitrogens is 2. The lowest BCUT2D eigenvalue weighted by Gasteiger charge is -2.13. The van der Waals surface area contributed by atoms with Crippen LogP contribution in [0.15, 0.2) is 18.2 Å². The zero-order valence-electron chi connectivity index (χ0n) is 11.7. The third-order valence-corrected chi connectivity index (χ3v) is 3.52. The molecule has 0 atom stereocenters. The van der Waals surface area contributed by atoms with Crippen LogP contribution in [0.3, 0.4) is 0 Å². The third kappa shape index (κ3) is 3.58. The minimum atomic E-state index is -0.355. The van der Waals surface area contributed by atoms with Crippen molar-refractivity contribution >= 4 is 17.5 Å². The average Bonchev–Trinajstić information content (AvgIpc) is 3.07. The van der Waals surface area contributed by atoms with Crippen molar-refractivity contribution in [1.82, 2.24) is 14.3 Å². The molecule has 0 saturated heterocycles. The van der Waals surface area contributed by atoms with E-state index in [0.29, 0.717) is 18.1 Å². The number of nitrogens with one attached hydrogen (secondary N) is 1. The number of ether oxygens (including phenoxy) is 2. The summed E-state index contributed by atoms with van der Waals surface area (Å²) in [6, 6.07) is 5.54. The molecule has 0 aliphatic rings. The average molecular weight is 295 g/mol. The molecule has 0 radical (unpaired) electrons. The van der Waals surface area contributed by atoms with Gasteiger partial charge in [0.2, 0.25) is 5.88 Å². The number of rotatable bonds is 6. The lowest BCUT2D eigenvalue weighted by Crippen LogP contribution is -2.17. The molecule has 0 saturated carbocycles. The molecule has 0 fully saturated rings. The van der Waals surface area contributed by atoms with Crippen LogP contribution in [-0.4, -0.2) is 41.5 Å². The normalized spacial score (nSPS) is 10.8. The summed E-state index contributed by atoms with van der Waals surface area (Å²) < 4.78 is 13.9. The zero-order chi connectivity index (χ0) is 14.5. The number of methoxy groups -OCH3 is 2. The molecule has 6 nitrogen and oxygen atoms in total. The number of aromatic amines is 1. The summed E-state index contributed by atoms with van der Waals surface area (Å²) in [6.45, 7) is 1.48. The van der Waals surface area contributed by atoms with Crippen LogP contribution in [0.25, 0.3) is 0 Å². The van der Waals surface area contributed by atoms with Gasteiger partial charge in [0, 0.05) is 29.7 Å². The first-order valence-corrected chi connectivity index (χ1v) is 6.84. The van der Waals surface area contributed by atoms with Crippen molar-refractivity contribution in [2.75, 3.05) is 21.3 Å². The van der Waals surface area contributed by atoms with Gasteiger partial charge in [-0.25, -0.2) is 4.79 Å². The van der Waals surface area contributed by atoms with Crippen LogP contribution >= 0.6 is 11.5 Å². The Kier molecular flexibility index (Phi) is 4.75. The molecule has 0 aromatic carbocycles. The van der Waals surface area contributed by atoms with Gasteiger partial charge in [0.15, 0.2) is 0 Å². The molecular weight excluding hydrogens is 278 g/mol. The molecule has 0 aliphatic heterocycles. The fraction of sp³-hybridized carbons (Fsp3) is 0.385. The molecule has 2 aromatic heterocycles. The van der Waals surface area contributed by atoms with E-state index in [1.807, 2.05) is 19.2 Å². The molecule has 0 bridgehead atoms. The first-order valence-electron chi connectivity index (χ1n) is 6.06. The molecule has 2 rings (SSSR count). The zero-order valence-corrected chi connectivity index (χ0v) is 12.5. The van der Waals surface area contributed by atoms with Crippen LogP contribution in [0.4, 0.5) is 0 Å². The largest absolute Gasteiger partial charge is 0.480 e. The lowest BCUT2D eigenvalue weighted by molar-refractivity contribution is 0.0594. The second kappa shape index (κ2) is 6.53.